The summed E-state index contributed by atoms with van der Waals surface area (Å²) in [5, 5.41) is 2.98. The van der Waals surface area contributed by atoms with E-state index in [1.165, 1.54) is 6.08 Å². The van der Waals surface area contributed by atoms with Gasteiger partial charge in [-0.25, -0.2) is 4.98 Å². The van der Waals surface area contributed by atoms with Crippen molar-refractivity contribution in [2.75, 3.05) is 7.11 Å². The van der Waals surface area contributed by atoms with Crippen molar-refractivity contribution in [3.63, 3.8) is 0 Å². The number of ether oxygens (including phenoxy) is 1. The first-order valence-electron chi connectivity index (χ1n) is 7.80. The summed E-state index contributed by atoms with van der Waals surface area (Å²) >= 11 is 0. The lowest BCUT2D eigenvalue weighted by atomic mass is 10.1. The van der Waals surface area contributed by atoms with Crippen molar-refractivity contribution < 1.29 is 13.9 Å². The number of imidazole rings is 1. The second-order valence-corrected chi connectivity index (χ2v) is 5.46. The zero-order chi connectivity index (χ0) is 17.6. The molecule has 0 saturated carbocycles. The van der Waals surface area contributed by atoms with Gasteiger partial charge in [0.1, 0.15) is 23.4 Å². The lowest BCUT2D eigenvalue weighted by Gasteiger charge is -2.19. The first kappa shape index (κ1) is 16.6. The Morgan fingerprint density at radius 1 is 1.36 bits per heavy atom. The van der Waals surface area contributed by atoms with E-state index in [0.29, 0.717) is 5.76 Å². The molecule has 1 atom stereocenters. The van der Waals surface area contributed by atoms with Gasteiger partial charge in [0, 0.05) is 25.5 Å². The van der Waals surface area contributed by atoms with Crippen LogP contribution in [0.1, 0.15) is 23.2 Å². The van der Waals surface area contributed by atoms with Crippen molar-refractivity contribution in [2.45, 2.75) is 6.04 Å². The maximum Gasteiger partial charge on any atom is 0.244 e. The van der Waals surface area contributed by atoms with Crippen LogP contribution in [0, 0.1) is 0 Å². The topological polar surface area (TPSA) is 69.3 Å². The Kier molecular flexibility index (Phi) is 4.99. The number of furan rings is 1. The van der Waals surface area contributed by atoms with Crippen LogP contribution in [0.5, 0.6) is 5.75 Å². The number of rotatable bonds is 6. The Morgan fingerprint density at radius 3 is 2.92 bits per heavy atom. The number of carbonyl (C=O) groups excluding carboxylic acids is 1. The third-order valence-corrected chi connectivity index (χ3v) is 3.77. The van der Waals surface area contributed by atoms with E-state index in [4.69, 9.17) is 9.15 Å². The summed E-state index contributed by atoms with van der Waals surface area (Å²) in [4.78, 5) is 16.8. The Hall–Kier alpha value is -3.28. The number of amides is 1. The van der Waals surface area contributed by atoms with E-state index < -0.39 is 6.04 Å². The van der Waals surface area contributed by atoms with Gasteiger partial charge in [-0.1, -0.05) is 12.1 Å². The Morgan fingerprint density at radius 2 is 2.24 bits per heavy atom. The number of benzene rings is 1. The van der Waals surface area contributed by atoms with Gasteiger partial charge in [0.05, 0.1) is 13.4 Å². The van der Waals surface area contributed by atoms with Crippen molar-refractivity contribution in [1.82, 2.24) is 14.9 Å². The predicted octanol–water partition coefficient (Wildman–Crippen LogP) is 2.94. The normalized spacial score (nSPS) is 12.2. The molecule has 1 unspecified atom stereocenters. The van der Waals surface area contributed by atoms with E-state index >= 15 is 0 Å². The van der Waals surface area contributed by atoms with E-state index in [-0.39, 0.29) is 5.91 Å². The fraction of sp³-hybridized carbons (Fsp3) is 0.158. The van der Waals surface area contributed by atoms with E-state index in [0.717, 1.165) is 17.1 Å². The molecule has 3 aromatic rings. The Labute approximate surface area is 145 Å². The molecular formula is C19H19N3O3. The zero-order valence-electron chi connectivity index (χ0n) is 14.0. The molecule has 0 radical (unpaired) electrons. The van der Waals surface area contributed by atoms with E-state index in [9.17, 15) is 4.79 Å². The van der Waals surface area contributed by atoms with Gasteiger partial charge in [-0.05, 0) is 35.9 Å². The quantitative estimate of drug-likeness (QED) is 0.702. The van der Waals surface area contributed by atoms with E-state index in [1.807, 2.05) is 42.1 Å². The second-order valence-electron chi connectivity index (χ2n) is 5.46. The van der Waals surface area contributed by atoms with Crippen molar-refractivity contribution in [1.29, 1.82) is 0 Å². The highest BCUT2D eigenvalue weighted by molar-refractivity contribution is 5.91. The molecule has 0 bridgehead atoms. The van der Waals surface area contributed by atoms with Crippen LogP contribution in [0.25, 0.3) is 6.08 Å². The third kappa shape index (κ3) is 3.98. The molecule has 6 nitrogen and oxygen atoms in total. The van der Waals surface area contributed by atoms with Crippen LogP contribution in [0.4, 0.5) is 0 Å². The van der Waals surface area contributed by atoms with Gasteiger partial charge in [-0.3, -0.25) is 4.79 Å². The summed E-state index contributed by atoms with van der Waals surface area (Å²) in [6.45, 7) is 0. The summed E-state index contributed by atoms with van der Waals surface area (Å²) in [5.41, 5.74) is 0.883. The number of nitrogens with zero attached hydrogens (tertiary/aromatic N) is 2. The minimum absolute atomic E-state index is 0.243. The summed E-state index contributed by atoms with van der Waals surface area (Å²) in [6.07, 6.45) is 8.16. The van der Waals surface area contributed by atoms with Crippen LogP contribution in [0.3, 0.4) is 0 Å². The highest BCUT2D eigenvalue weighted by Gasteiger charge is 2.20. The second kappa shape index (κ2) is 7.53. The Bertz CT molecular complexity index is 866. The third-order valence-electron chi connectivity index (χ3n) is 3.77. The van der Waals surface area contributed by atoms with Crippen LogP contribution in [0.2, 0.25) is 0 Å². The molecule has 0 spiro atoms. The number of methoxy groups -OCH3 is 1. The van der Waals surface area contributed by atoms with Gasteiger partial charge >= 0.3 is 0 Å². The molecule has 1 amide bonds. The van der Waals surface area contributed by atoms with Gasteiger partial charge < -0.3 is 19.0 Å². The summed E-state index contributed by atoms with van der Waals surface area (Å²) in [6, 6.07) is 10.7. The first-order valence-corrected chi connectivity index (χ1v) is 7.80. The predicted molar refractivity (Wildman–Crippen MR) is 93.9 cm³/mol. The molecule has 0 aliphatic rings. The first-order chi connectivity index (χ1) is 12.2. The highest BCUT2D eigenvalue weighted by Crippen LogP contribution is 2.24. The SMILES string of the molecule is COc1cccc(C(NC(=O)/C=C/c2ccco2)c2nccn2C)c1. The number of hydrogen-bond acceptors (Lipinski definition) is 4. The molecule has 1 N–H and O–H groups in total. The maximum atomic E-state index is 12.4. The van der Waals surface area contributed by atoms with Crippen molar-refractivity contribution in [3.05, 3.63) is 78.3 Å². The molecule has 3 rings (SSSR count). The van der Waals surface area contributed by atoms with Crippen LogP contribution in [-0.2, 0) is 11.8 Å². The molecule has 2 aromatic heterocycles. The number of aryl methyl sites for hydroxylation is 1. The van der Waals surface area contributed by atoms with Crippen molar-refractivity contribution >= 4 is 12.0 Å². The summed E-state index contributed by atoms with van der Waals surface area (Å²) in [5.74, 6) is 1.82. The highest BCUT2D eigenvalue weighted by atomic mass is 16.5. The van der Waals surface area contributed by atoms with Gasteiger partial charge in [0.25, 0.3) is 0 Å². The molecule has 25 heavy (non-hydrogen) atoms. The summed E-state index contributed by atoms with van der Waals surface area (Å²) < 4.78 is 12.4. The minimum atomic E-state index is -0.399. The summed E-state index contributed by atoms with van der Waals surface area (Å²) in [7, 11) is 3.50. The molecule has 0 aliphatic carbocycles. The van der Waals surface area contributed by atoms with Crippen LogP contribution < -0.4 is 10.1 Å². The lowest BCUT2D eigenvalue weighted by molar-refractivity contribution is -0.117. The lowest BCUT2D eigenvalue weighted by Crippen LogP contribution is -2.29. The molecule has 0 aliphatic heterocycles. The smallest absolute Gasteiger partial charge is 0.244 e. The maximum absolute atomic E-state index is 12.4. The van der Waals surface area contributed by atoms with Crippen LogP contribution >= 0.6 is 0 Å². The van der Waals surface area contributed by atoms with Crippen molar-refractivity contribution in [3.8, 4) is 5.75 Å². The largest absolute Gasteiger partial charge is 0.497 e. The number of aromatic nitrogens is 2. The Balaban J connectivity index is 1.86. The van der Waals surface area contributed by atoms with Gasteiger partial charge in [-0.2, -0.15) is 0 Å². The molecule has 2 heterocycles. The van der Waals surface area contributed by atoms with Crippen molar-refractivity contribution in [2.24, 2.45) is 7.05 Å². The molecule has 0 saturated heterocycles. The molecule has 6 heteroatoms. The van der Waals surface area contributed by atoms with Gasteiger partial charge in [0.2, 0.25) is 5.91 Å². The fourth-order valence-corrected chi connectivity index (χ4v) is 2.51. The standard InChI is InChI=1S/C19H19N3O3/c1-22-11-10-20-19(22)18(14-5-3-6-16(13-14)24-2)21-17(23)9-8-15-7-4-12-25-15/h3-13,18H,1-2H3,(H,21,23)/b9-8+. The number of hydrogen-bond donors (Lipinski definition) is 1. The monoisotopic (exact) mass is 337 g/mol. The minimum Gasteiger partial charge on any atom is -0.497 e. The molecule has 0 fully saturated rings. The fourth-order valence-electron chi connectivity index (χ4n) is 2.51. The van der Waals surface area contributed by atoms with Crippen LogP contribution in [0.15, 0.2) is 65.5 Å². The van der Waals surface area contributed by atoms with E-state index in [2.05, 4.69) is 10.3 Å². The van der Waals surface area contributed by atoms with E-state index in [1.54, 1.807) is 37.8 Å². The number of carbonyl (C=O) groups is 1. The van der Waals surface area contributed by atoms with Crippen LogP contribution in [-0.4, -0.2) is 22.6 Å². The average molecular weight is 337 g/mol. The average Bonchev–Trinajstić information content (AvgIpc) is 3.29. The molecular weight excluding hydrogens is 318 g/mol. The molecule has 128 valence electrons. The number of nitrogens with one attached hydrogen (secondary N) is 1. The molecule has 1 aromatic carbocycles. The van der Waals surface area contributed by atoms with Gasteiger partial charge in [-0.15, -0.1) is 0 Å². The van der Waals surface area contributed by atoms with Gasteiger partial charge in [0.15, 0.2) is 0 Å². The zero-order valence-corrected chi connectivity index (χ0v) is 14.0.